The molecule has 3 N–H and O–H groups in total. The van der Waals surface area contributed by atoms with Gasteiger partial charge in [-0.2, -0.15) is 4.98 Å². The Morgan fingerprint density at radius 1 is 1.27 bits per heavy atom. The summed E-state index contributed by atoms with van der Waals surface area (Å²) in [5.41, 5.74) is 0.905. The highest BCUT2D eigenvalue weighted by Crippen LogP contribution is 2.30. The Kier molecular flexibility index (Phi) is 4.78. The van der Waals surface area contributed by atoms with Crippen molar-refractivity contribution in [3.05, 3.63) is 46.7 Å². The lowest BCUT2D eigenvalue weighted by atomic mass is 10.1. The third-order valence-corrected chi connectivity index (χ3v) is 5.26. The van der Waals surface area contributed by atoms with Crippen molar-refractivity contribution in [2.45, 2.75) is 24.4 Å². The summed E-state index contributed by atoms with van der Waals surface area (Å²) in [7, 11) is 0. The number of imidazole rings is 1. The number of pyridine rings is 1. The molecule has 2 aliphatic heterocycles. The predicted molar refractivity (Wildman–Crippen MR) is 103 cm³/mol. The molecule has 0 saturated carbocycles. The van der Waals surface area contributed by atoms with Crippen LogP contribution in [-0.4, -0.2) is 63.6 Å². The molecule has 2 aromatic heterocycles. The van der Waals surface area contributed by atoms with Gasteiger partial charge >= 0.3 is 0 Å². The number of halogens is 2. The van der Waals surface area contributed by atoms with E-state index in [1.807, 2.05) is 0 Å². The van der Waals surface area contributed by atoms with Crippen molar-refractivity contribution in [3.63, 3.8) is 0 Å². The summed E-state index contributed by atoms with van der Waals surface area (Å²) >= 11 is 6.23. The van der Waals surface area contributed by atoms with Gasteiger partial charge in [-0.05, 0) is 24.3 Å². The molecule has 30 heavy (non-hydrogen) atoms. The molecule has 1 amide bonds. The van der Waals surface area contributed by atoms with E-state index in [1.54, 1.807) is 6.07 Å². The van der Waals surface area contributed by atoms with Crippen LogP contribution in [-0.2, 0) is 9.47 Å². The molecule has 1 aromatic carbocycles. The van der Waals surface area contributed by atoms with Crippen LogP contribution >= 0.6 is 11.6 Å². The Morgan fingerprint density at radius 2 is 2.10 bits per heavy atom. The number of aromatic nitrogens is 3. The fourth-order valence-corrected chi connectivity index (χ4v) is 3.74. The summed E-state index contributed by atoms with van der Waals surface area (Å²) in [6.07, 6.45) is -1.91. The van der Waals surface area contributed by atoms with Gasteiger partial charge in [-0.1, -0.05) is 17.7 Å². The molecule has 0 spiro atoms. The van der Waals surface area contributed by atoms with Crippen molar-refractivity contribution >= 4 is 34.5 Å². The maximum atomic E-state index is 13.3. The number of nitrogens with one attached hydrogen (secondary N) is 2. The number of ether oxygens (including phenoxy) is 3. The van der Waals surface area contributed by atoms with E-state index in [0.717, 1.165) is 6.07 Å². The van der Waals surface area contributed by atoms with Gasteiger partial charge < -0.3 is 29.6 Å². The van der Waals surface area contributed by atoms with Crippen molar-refractivity contribution in [1.29, 1.82) is 0 Å². The maximum absolute atomic E-state index is 13.3. The molecular formula is C19H16ClFN4O5. The summed E-state index contributed by atoms with van der Waals surface area (Å²) in [5, 5.41) is 12.5. The van der Waals surface area contributed by atoms with E-state index in [2.05, 4.69) is 20.3 Å². The molecule has 11 heteroatoms. The number of aliphatic hydroxyl groups is 1. The summed E-state index contributed by atoms with van der Waals surface area (Å²) < 4.78 is 30.2. The number of rotatable bonds is 4. The van der Waals surface area contributed by atoms with Crippen LogP contribution in [0.3, 0.4) is 0 Å². The van der Waals surface area contributed by atoms with E-state index in [1.165, 1.54) is 18.2 Å². The van der Waals surface area contributed by atoms with Gasteiger partial charge in [0.15, 0.2) is 17.6 Å². The van der Waals surface area contributed by atoms with Gasteiger partial charge in [0.2, 0.25) is 0 Å². The summed E-state index contributed by atoms with van der Waals surface area (Å²) in [6, 6.07) is 7.00. The Hall–Kier alpha value is -2.79. The number of aromatic amines is 1. The Balaban J connectivity index is 1.35. The molecule has 9 nitrogen and oxygen atoms in total. The third-order valence-electron chi connectivity index (χ3n) is 4.97. The van der Waals surface area contributed by atoms with Crippen molar-refractivity contribution in [1.82, 2.24) is 15.0 Å². The molecule has 0 aliphatic carbocycles. The van der Waals surface area contributed by atoms with Crippen LogP contribution in [0, 0.1) is 5.82 Å². The topological polar surface area (TPSA) is 119 Å². The van der Waals surface area contributed by atoms with E-state index >= 15 is 0 Å². The quantitative estimate of drug-likeness (QED) is 0.574. The van der Waals surface area contributed by atoms with Crippen LogP contribution in [0.15, 0.2) is 30.3 Å². The minimum absolute atomic E-state index is 0.0861. The van der Waals surface area contributed by atoms with Gasteiger partial charge in [0.25, 0.3) is 11.9 Å². The number of nitrogens with zero attached hydrogens (tertiary/aromatic N) is 2. The first kappa shape index (κ1) is 19.2. The minimum Gasteiger partial charge on any atom is -0.456 e. The second-order valence-corrected chi connectivity index (χ2v) is 7.42. The zero-order valence-electron chi connectivity index (χ0n) is 15.3. The average molecular weight is 435 g/mol. The first-order valence-corrected chi connectivity index (χ1v) is 9.57. The van der Waals surface area contributed by atoms with Gasteiger partial charge in [0.05, 0.1) is 23.8 Å². The number of hydrogen-bond donors (Lipinski definition) is 3. The SMILES string of the molecule is O=C(Nc1nc2nc(O[C@@H]3CO[C@H]4[C@@H]3OC[C@H]4O)[nH]c2cc1Cl)c1cccc(F)c1. The van der Waals surface area contributed by atoms with Crippen LogP contribution in [0.25, 0.3) is 11.2 Å². The maximum Gasteiger partial charge on any atom is 0.296 e. The molecule has 0 bridgehead atoms. The molecule has 0 unspecified atom stereocenters. The van der Waals surface area contributed by atoms with Crippen LogP contribution in [0.4, 0.5) is 10.2 Å². The number of anilines is 1. The molecule has 3 aromatic rings. The van der Waals surface area contributed by atoms with E-state index in [4.69, 9.17) is 25.8 Å². The molecule has 2 aliphatic rings. The number of carbonyl (C=O) groups excluding carboxylic acids is 1. The fraction of sp³-hybridized carbons (Fsp3) is 0.316. The second-order valence-electron chi connectivity index (χ2n) is 7.02. The Labute approximate surface area is 174 Å². The van der Waals surface area contributed by atoms with Crippen molar-refractivity contribution in [2.75, 3.05) is 18.5 Å². The lowest BCUT2D eigenvalue weighted by molar-refractivity contribution is 0.00706. The summed E-state index contributed by atoms with van der Waals surface area (Å²) in [6.45, 7) is 0.452. The van der Waals surface area contributed by atoms with E-state index in [9.17, 15) is 14.3 Å². The highest BCUT2D eigenvalue weighted by atomic mass is 35.5. The second kappa shape index (κ2) is 7.47. The average Bonchev–Trinajstić information content (AvgIpc) is 3.39. The van der Waals surface area contributed by atoms with Crippen molar-refractivity contribution in [3.8, 4) is 6.01 Å². The number of H-pyrrole nitrogens is 1. The normalized spacial score (nSPS) is 25.4. The first-order chi connectivity index (χ1) is 14.5. The molecule has 4 heterocycles. The number of fused-ring (bicyclic) bond motifs is 2. The van der Waals surface area contributed by atoms with Crippen LogP contribution in [0.2, 0.25) is 5.02 Å². The smallest absolute Gasteiger partial charge is 0.296 e. The minimum atomic E-state index is -0.677. The fourth-order valence-electron chi connectivity index (χ4n) is 3.54. The standard InChI is InChI=1S/C19H16ClFN4O5/c20-10-5-11-17(23-16(10)24-18(27)8-2-1-3-9(21)4-8)25-19(22-11)30-13-7-29-14-12(26)6-28-15(13)14/h1-5,12-15,26H,6-7H2,(H2,22,23,24,25,27)/t12-,13-,14-,15-/m1/s1. The summed E-state index contributed by atoms with van der Waals surface area (Å²) in [4.78, 5) is 23.8. The van der Waals surface area contributed by atoms with Gasteiger partial charge in [0, 0.05) is 5.56 Å². The molecular weight excluding hydrogens is 419 g/mol. The van der Waals surface area contributed by atoms with E-state index in [0.29, 0.717) is 5.52 Å². The highest BCUT2D eigenvalue weighted by molar-refractivity contribution is 6.34. The van der Waals surface area contributed by atoms with Crippen LogP contribution in [0.5, 0.6) is 6.01 Å². The van der Waals surface area contributed by atoms with E-state index in [-0.39, 0.29) is 47.4 Å². The first-order valence-electron chi connectivity index (χ1n) is 9.19. The van der Waals surface area contributed by atoms with Gasteiger partial charge in [-0.25, -0.2) is 9.37 Å². The van der Waals surface area contributed by atoms with E-state index < -0.39 is 30.0 Å². The number of aliphatic hydroxyl groups excluding tert-OH is 1. The van der Waals surface area contributed by atoms with Gasteiger partial charge in [-0.15, -0.1) is 0 Å². The highest BCUT2D eigenvalue weighted by Gasteiger charge is 2.48. The van der Waals surface area contributed by atoms with Crippen LogP contribution < -0.4 is 10.1 Å². The molecule has 4 atom stereocenters. The summed E-state index contributed by atoms with van der Waals surface area (Å²) in [5.74, 6) is -0.993. The molecule has 156 valence electrons. The zero-order chi connectivity index (χ0) is 20.8. The largest absolute Gasteiger partial charge is 0.456 e. The third kappa shape index (κ3) is 3.47. The number of hydrogen-bond acceptors (Lipinski definition) is 7. The lowest BCUT2D eigenvalue weighted by Crippen LogP contribution is -2.34. The van der Waals surface area contributed by atoms with Crippen molar-refractivity contribution in [2.24, 2.45) is 0 Å². The molecule has 0 radical (unpaired) electrons. The molecule has 2 saturated heterocycles. The van der Waals surface area contributed by atoms with Crippen molar-refractivity contribution < 1.29 is 28.5 Å². The molecule has 5 rings (SSSR count). The zero-order valence-corrected chi connectivity index (χ0v) is 16.1. The monoisotopic (exact) mass is 434 g/mol. The molecule has 2 fully saturated rings. The number of benzene rings is 1. The number of amides is 1. The van der Waals surface area contributed by atoms with Gasteiger partial charge in [-0.3, -0.25) is 4.79 Å². The predicted octanol–water partition coefficient (Wildman–Crippen LogP) is 1.91. The lowest BCUT2D eigenvalue weighted by Gasteiger charge is -2.15. The number of carbonyl (C=O) groups is 1. The Morgan fingerprint density at radius 3 is 2.93 bits per heavy atom. The van der Waals surface area contributed by atoms with Crippen LogP contribution in [0.1, 0.15) is 10.4 Å². The Bertz CT molecular complexity index is 1130. The van der Waals surface area contributed by atoms with Gasteiger partial charge in [0.1, 0.15) is 24.1 Å².